The molecule has 1 heterocycles. The van der Waals surface area contributed by atoms with E-state index in [1.807, 2.05) is 6.92 Å². The van der Waals surface area contributed by atoms with Gasteiger partial charge in [-0.2, -0.15) is 0 Å². The molecule has 0 aromatic heterocycles. The third-order valence-corrected chi connectivity index (χ3v) is 13.4. The van der Waals surface area contributed by atoms with Crippen molar-refractivity contribution in [3.8, 4) is 0 Å². The van der Waals surface area contributed by atoms with E-state index in [2.05, 4.69) is 128 Å². The van der Waals surface area contributed by atoms with E-state index in [1.165, 1.54) is 56.6 Å². The molecular formula is C55H89O11P2-3. The van der Waals surface area contributed by atoms with E-state index in [-0.39, 0.29) is 6.61 Å². The average molecular weight is 988 g/mol. The summed E-state index contributed by atoms with van der Waals surface area (Å²) in [7, 11) is -10.3. The minimum atomic E-state index is -5.37. The van der Waals surface area contributed by atoms with Gasteiger partial charge < -0.3 is 43.2 Å². The van der Waals surface area contributed by atoms with E-state index in [9.17, 15) is 34.0 Å². The number of hydrogen-bond donors (Lipinski definition) is 2. The van der Waals surface area contributed by atoms with Gasteiger partial charge in [0, 0.05) is 0 Å². The highest BCUT2D eigenvalue weighted by Gasteiger charge is 2.45. The van der Waals surface area contributed by atoms with Crippen molar-refractivity contribution in [1.82, 2.24) is 0 Å². The van der Waals surface area contributed by atoms with Crippen LogP contribution in [0.2, 0.25) is 0 Å². The van der Waals surface area contributed by atoms with E-state index in [1.54, 1.807) is 6.08 Å². The molecule has 13 heteroatoms. The van der Waals surface area contributed by atoms with E-state index in [0.717, 1.165) is 108 Å². The molecule has 68 heavy (non-hydrogen) atoms. The third kappa shape index (κ3) is 33.9. The van der Waals surface area contributed by atoms with Crippen LogP contribution in [-0.4, -0.2) is 48.0 Å². The Balaban J connectivity index is 2.27. The van der Waals surface area contributed by atoms with Gasteiger partial charge in [-0.15, -0.1) is 0 Å². The lowest BCUT2D eigenvalue weighted by Crippen LogP contribution is -2.35. The fourth-order valence-corrected chi connectivity index (χ4v) is 8.49. The second-order valence-electron chi connectivity index (χ2n) is 19.2. The predicted molar refractivity (Wildman–Crippen MR) is 275 cm³/mol. The number of phosphoric acid groups is 2. The first-order chi connectivity index (χ1) is 32.0. The molecule has 1 fully saturated rings. The molecule has 1 unspecified atom stereocenters. The van der Waals surface area contributed by atoms with Crippen molar-refractivity contribution < 1.29 is 52.3 Å². The van der Waals surface area contributed by atoms with Gasteiger partial charge in [0.15, 0.2) is 6.29 Å². The molecular weight excluding hydrogens is 899 g/mol. The number of aliphatic hydroxyl groups is 2. The number of phosphoric ester groups is 2. The van der Waals surface area contributed by atoms with E-state index in [0.29, 0.717) is 6.42 Å². The van der Waals surface area contributed by atoms with Gasteiger partial charge in [-0.05, 0) is 192 Å². The number of hydrogen-bond acceptors (Lipinski definition) is 11. The van der Waals surface area contributed by atoms with Gasteiger partial charge in [-0.3, -0.25) is 9.09 Å². The van der Waals surface area contributed by atoms with E-state index < -0.39 is 46.9 Å². The summed E-state index contributed by atoms with van der Waals surface area (Å²) >= 11 is 0. The molecule has 0 radical (unpaired) electrons. The summed E-state index contributed by atoms with van der Waals surface area (Å²) in [5, 5.41) is 20.0. The lowest BCUT2D eigenvalue weighted by atomic mass is 10.0. The maximum Gasteiger partial charge on any atom is 0.270 e. The second-order valence-corrected chi connectivity index (χ2v) is 21.7. The summed E-state index contributed by atoms with van der Waals surface area (Å²) in [5.41, 5.74) is 13.9. The molecule has 0 aromatic rings. The molecule has 11 nitrogen and oxygen atoms in total. The predicted octanol–water partition coefficient (Wildman–Crippen LogP) is 13.3. The Labute approximate surface area is 412 Å². The molecule has 2 N–H and O–H groups in total. The zero-order valence-corrected chi connectivity index (χ0v) is 45.5. The standard InChI is InChI=1S/C55H92O11P2/c1-42(2)21-12-22-43(3)23-13-24-44(4)25-14-26-45(5)27-15-28-46(6)29-16-30-47(7)31-17-32-48(8)33-18-34-49(9)35-19-36-50(10)37-20-38-51(11)39-40-63-68(61,62)66-55-54(57)53(56)52(65-55)41-64-67(58,59)60/h21,23,25,27,29,31,33,35,37,39,52-57H,12-20,22,24,26,28,30,32,34,36,38,40-41H2,1-11H3,(H,61,62)(H2,58,59,60)/p-3/b43-23+,44-25-,45-27-,46-29-,47-31-,48-33-,49-35-,50-37-,51-39-/t52-,53-,54-,55+/m1/s1. The summed E-state index contributed by atoms with van der Waals surface area (Å²) < 4.78 is 41.5. The van der Waals surface area contributed by atoms with Crippen molar-refractivity contribution in [3.63, 3.8) is 0 Å². The summed E-state index contributed by atoms with van der Waals surface area (Å²) in [6, 6.07) is 0. The number of ether oxygens (including phenoxy) is 1. The van der Waals surface area contributed by atoms with E-state index in [4.69, 9.17) is 13.8 Å². The monoisotopic (exact) mass is 988 g/mol. The van der Waals surface area contributed by atoms with Crippen LogP contribution in [0.3, 0.4) is 0 Å². The van der Waals surface area contributed by atoms with Gasteiger partial charge in [0.05, 0.1) is 21.0 Å². The van der Waals surface area contributed by atoms with Gasteiger partial charge in [0.1, 0.15) is 18.3 Å². The Hall–Kier alpha value is -2.50. The zero-order chi connectivity index (χ0) is 51.1. The van der Waals surface area contributed by atoms with Crippen LogP contribution in [0.25, 0.3) is 0 Å². The highest BCUT2D eigenvalue weighted by molar-refractivity contribution is 7.45. The molecule has 388 valence electrons. The molecule has 1 aliphatic rings. The largest absolute Gasteiger partial charge is 0.790 e. The normalized spacial score (nSPS) is 20.9. The zero-order valence-electron chi connectivity index (χ0n) is 43.7. The van der Waals surface area contributed by atoms with Gasteiger partial charge in [0.2, 0.25) is 0 Å². The Bertz CT molecular complexity index is 1900. The molecule has 0 bridgehead atoms. The highest BCUT2D eigenvalue weighted by atomic mass is 31.2. The van der Waals surface area contributed by atoms with Crippen LogP contribution in [0.15, 0.2) is 116 Å². The van der Waals surface area contributed by atoms with Crippen LogP contribution in [0, 0.1) is 0 Å². The lowest BCUT2D eigenvalue weighted by Gasteiger charge is -2.30. The van der Waals surface area contributed by atoms with Gasteiger partial charge >= 0.3 is 0 Å². The lowest BCUT2D eigenvalue weighted by molar-refractivity contribution is -0.343. The maximum atomic E-state index is 12.3. The highest BCUT2D eigenvalue weighted by Crippen LogP contribution is 2.43. The maximum absolute atomic E-state index is 12.3. The van der Waals surface area contributed by atoms with Crippen LogP contribution >= 0.6 is 15.6 Å². The van der Waals surface area contributed by atoms with Crippen molar-refractivity contribution in [1.29, 1.82) is 0 Å². The summed E-state index contributed by atoms with van der Waals surface area (Å²) in [6.45, 7) is 22.9. The first-order valence-corrected chi connectivity index (χ1v) is 27.7. The van der Waals surface area contributed by atoms with Crippen molar-refractivity contribution >= 4 is 15.6 Å². The fraction of sp³-hybridized carbons (Fsp3) is 0.636. The van der Waals surface area contributed by atoms with Crippen molar-refractivity contribution in [2.75, 3.05) is 13.2 Å². The van der Waals surface area contributed by atoms with E-state index >= 15 is 0 Å². The second kappa shape index (κ2) is 35.6. The van der Waals surface area contributed by atoms with Crippen LogP contribution in [-0.2, 0) is 27.4 Å². The SMILES string of the molecule is CC(C)=CCC/C(C)=C/CC/C(C)=C\CC/C(C)=C\CC/C(C)=C\CC/C(C)=C\CC/C(C)=C\CC/C(C)=C\CC/C(C)=C\CC/C(C)=C\COP(=O)([O-])O[C@@H]1O[C@H](COP(=O)([O-])[O-])[C@@H](O)[C@H]1O. The minimum absolute atomic E-state index is 0.314. The molecule has 0 aliphatic carbocycles. The number of aliphatic hydroxyl groups excluding tert-OH is 2. The Morgan fingerprint density at radius 3 is 1.00 bits per heavy atom. The van der Waals surface area contributed by atoms with Crippen LogP contribution in [0.4, 0.5) is 0 Å². The van der Waals surface area contributed by atoms with Crippen LogP contribution in [0.5, 0.6) is 0 Å². The Morgan fingerprint density at radius 1 is 0.441 bits per heavy atom. The quantitative estimate of drug-likeness (QED) is 0.0455. The third-order valence-electron chi connectivity index (χ3n) is 12.0. The van der Waals surface area contributed by atoms with Crippen molar-refractivity contribution in [2.45, 2.75) is 216 Å². The van der Waals surface area contributed by atoms with Crippen LogP contribution in [0.1, 0.15) is 192 Å². The molecule has 1 saturated heterocycles. The smallest absolute Gasteiger partial charge is 0.270 e. The molecule has 1 rings (SSSR count). The van der Waals surface area contributed by atoms with Crippen molar-refractivity contribution in [2.24, 2.45) is 0 Å². The summed E-state index contributed by atoms with van der Waals surface area (Å²) in [5.74, 6) is 0. The van der Waals surface area contributed by atoms with Gasteiger partial charge in [-0.1, -0.05) is 116 Å². The Kier molecular flexibility index (Phi) is 33.2. The summed E-state index contributed by atoms with van der Waals surface area (Å²) in [4.78, 5) is 33.6. The number of allylic oxidation sites excluding steroid dienone is 19. The van der Waals surface area contributed by atoms with Crippen molar-refractivity contribution in [3.05, 3.63) is 116 Å². The molecule has 0 saturated carbocycles. The minimum Gasteiger partial charge on any atom is -0.790 e. The molecule has 1 aliphatic heterocycles. The fourth-order valence-electron chi connectivity index (χ4n) is 7.41. The molecule has 5 atom stereocenters. The van der Waals surface area contributed by atoms with Gasteiger partial charge in [-0.25, -0.2) is 0 Å². The van der Waals surface area contributed by atoms with Crippen LogP contribution < -0.4 is 14.7 Å². The molecule has 0 aromatic carbocycles. The average Bonchev–Trinajstić information content (AvgIpc) is 3.49. The summed E-state index contributed by atoms with van der Waals surface area (Å²) in [6.07, 6.45) is 35.1. The number of rotatable bonds is 35. The molecule has 0 spiro atoms. The molecule has 0 amide bonds. The van der Waals surface area contributed by atoms with Gasteiger partial charge in [0.25, 0.3) is 7.82 Å². The first-order valence-electron chi connectivity index (χ1n) is 24.8. The topological polar surface area (TPSA) is 181 Å². The first kappa shape index (κ1) is 63.5. The Morgan fingerprint density at radius 2 is 0.721 bits per heavy atom.